The molecule has 100 valence electrons. The van der Waals surface area contributed by atoms with Crippen molar-refractivity contribution in [2.24, 2.45) is 0 Å². The summed E-state index contributed by atoms with van der Waals surface area (Å²) in [5.41, 5.74) is 4.00. The van der Waals surface area contributed by atoms with Crippen LogP contribution in [0.3, 0.4) is 0 Å². The molecule has 0 unspecified atom stereocenters. The minimum atomic E-state index is 0.992. The fourth-order valence-corrected chi connectivity index (χ4v) is 2.27. The molecule has 0 saturated heterocycles. The first-order valence-electron chi connectivity index (χ1n) is 6.78. The third-order valence-electron chi connectivity index (χ3n) is 3.27. The molecule has 0 aliphatic heterocycles. The van der Waals surface area contributed by atoms with Crippen LogP contribution in [0.15, 0.2) is 48.5 Å². The Balaban J connectivity index is 1.81. The SMILES string of the molecule is COc1ccccc1CC[NH2+]Cc1cccc(C)c1. The van der Waals surface area contributed by atoms with Crippen LogP contribution in [0, 0.1) is 6.92 Å². The largest absolute Gasteiger partial charge is 0.496 e. The molecule has 0 spiro atoms. The molecule has 0 amide bonds. The monoisotopic (exact) mass is 256 g/mol. The summed E-state index contributed by atoms with van der Waals surface area (Å²) in [5, 5.41) is 2.35. The van der Waals surface area contributed by atoms with Gasteiger partial charge in [-0.05, 0) is 18.6 Å². The lowest BCUT2D eigenvalue weighted by Crippen LogP contribution is -2.83. The van der Waals surface area contributed by atoms with Crippen molar-refractivity contribution in [3.05, 3.63) is 65.2 Å². The molecule has 2 heteroatoms. The predicted molar refractivity (Wildman–Crippen MR) is 78.4 cm³/mol. The molecular weight excluding hydrogens is 234 g/mol. The van der Waals surface area contributed by atoms with Crippen molar-refractivity contribution >= 4 is 0 Å². The lowest BCUT2D eigenvalue weighted by molar-refractivity contribution is -0.670. The van der Waals surface area contributed by atoms with Crippen LogP contribution >= 0.6 is 0 Å². The van der Waals surface area contributed by atoms with Gasteiger partial charge in [-0.3, -0.25) is 0 Å². The first kappa shape index (κ1) is 13.6. The van der Waals surface area contributed by atoms with Crippen LogP contribution < -0.4 is 10.1 Å². The van der Waals surface area contributed by atoms with E-state index in [2.05, 4.69) is 48.6 Å². The van der Waals surface area contributed by atoms with Gasteiger partial charge in [-0.1, -0.05) is 48.0 Å². The van der Waals surface area contributed by atoms with E-state index in [9.17, 15) is 0 Å². The van der Waals surface area contributed by atoms with Crippen LogP contribution in [0.25, 0.3) is 0 Å². The Morgan fingerprint density at radius 2 is 1.89 bits per heavy atom. The quantitative estimate of drug-likeness (QED) is 0.789. The highest BCUT2D eigenvalue weighted by Crippen LogP contribution is 2.16. The minimum Gasteiger partial charge on any atom is -0.496 e. The molecule has 2 N–H and O–H groups in total. The van der Waals surface area contributed by atoms with E-state index >= 15 is 0 Å². The van der Waals surface area contributed by atoms with Gasteiger partial charge in [0, 0.05) is 12.0 Å². The van der Waals surface area contributed by atoms with Gasteiger partial charge in [0.2, 0.25) is 0 Å². The lowest BCUT2D eigenvalue weighted by Gasteiger charge is -2.07. The van der Waals surface area contributed by atoms with Crippen molar-refractivity contribution in [3.8, 4) is 5.75 Å². The van der Waals surface area contributed by atoms with E-state index in [0.29, 0.717) is 0 Å². The first-order valence-corrected chi connectivity index (χ1v) is 6.78. The molecule has 0 bridgehead atoms. The van der Waals surface area contributed by atoms with Crippen molar-refractivity contribution in [1.82, 2.24) is 0 Å². The molecule has 0 fully saturated rings. The maximum absolute atomic E-state index is 5.36. The highest BCUT2D eigenvalue weighted by atomic mass is 16.5. The molecule has 0 aliphatic rings. The second kappa shape index (κ2) is 6.95. The third kappa shape index (κ3) is 4.11. The second-order valence-corrected chi connectivity index (χ2v) is 4.83. The lowest BCUT2D eigenvalue weighted by atomic mass is 10.1. The molecule has 2 rings (SSSR count). The number of ether oxygens (including phenoxy) is 1. The van der Waals surface area contributed by atoms with E-state index in [0.717, 1.165) is 25.3 Å². The van der Waals surface area contributed by atoms with Gasteiger partial charge in [0.1, 0.15) is 12.3 Å². The van der Waals surface area contributed by atoms with Crippen LogP contribution in [0.5, 0.6) is 5.75 Å². The molecule has 0 aromatic heterocycles. The second-order valence-electron chi connectivity index (χ2n) is 4.83. The van der Waals surface area contributed by atoms with Crippen molar-refractivity contribution in [1.29, 1.82) is 0 Å². The maximum atomic E-state index is 5.36. The van der Waals surface area contributed by atoms with Gasteiger partial charge < -0.3 is 10.1 Å². The van der Waals surface area contributed by atoms with Gasteiger partial charge in [-0.25, -0.2) is 0 Å². The number of aryl methyl sites for hydroxylation is 1. The fourth-order valence-electron chi connectivity index (χ4n) is 2.27. The standard InChI is InChI=1S/C17H21NO/c1-14-6-5-7-15(12-14)13-18-11-10-16-8-3-4-9-17(16)19-2/h3-9,12,18H,10-11,13H2,1-2H3/p+1. The van der Waals surface area contributed by atoms with Gasteiger partial charge in [-0.15, -0.1) is 0 Å². The molecule has 19 heavy (non-hydrogen) atoms. The number of quaternary nitrogens is 1. The zero-order chi connectivity index (χ0) is 13.5. The highest BCUT2D eigenvalue weighted by molar-refractivity contribution is 5.33. The molecule has 0 atom stereocenters. The van der Waals surface area contributed by atoms with Gasteiger partial charge >= 0.3 is 0 Å². The number of para-hydroxylation sites is 1. The van der Waals surface area contributed by atoms with Crippen LogP contribution in [0.2, 0.25) is 0 Å². The van der Waals surface area contributed by atoms with Gasteiger partial charge in [0.15, 0.2) is 0 Å². The van der Waals surface area contributed by atoms with Crippen molar-refractivity contribution in [2.75, 3.05) is 13.7 Å². The smallest absolute Gasteiger partial charge is 0.122 e. The van der Waals surface area contributed by atoms with Crippen LogP contribution in [-0.2, 0) is 13.0 Å². The Morgan fingerprint density at radius 1 is 1.05 bits per heavy atom. The summed E-state index contributed by atoms with van der Waals surface area (Å²) >= 11 is 0. The molecule has 0 radical (unpaired) electrons. The van der Waals surface area contributed by atoms with Crippen molar-refractivity contribution < 1.29 is 10.1 Å². The normalized spacial score (nSPS) is 10.4. The average Bonchev–Trinajstić information content (AvgIpc) is 2.44. The molecule has 0 saturated carbocycles. The molecule has 2 aromatic rings. The Hall–Kier alpha value is -1.80. The van der Waals surface area contributed by atoms with Crippen molar-refractivity contribution in [3.63, 3.8) is 0 Å². The molecular formula is C17H22NO+. The third-order valence-corrected chi connectivity index (χ3v) is 3.27. The minimum absolute atomic E-state index is 0.992. The summed E-state index contributed by atoms with van der Waals surface area (Å²) in [7, 11) is 1.73. The fraction of sp³-hybridized carbons (Fsp3) is 0.294. The van der Waals surface area contributed by atoms with E-state index in [1.807, 2.05) is 12.1 Å². The number of nitrogens with two attached hydrogens (primary N) is 1. The van der Waals surface area contributed by atoms with Crippen molar-refractivity contribution in [2.45, 2.75) is 19.9 Å². The van der Waals surface area contributed by atoms with Gasteiger partial charge in [-0.2, -0.15) is 0 Å². The summed E-state index contributed by atoms with van der Waals surface area (Å²) in [6.07, 6.45) is 1.04. The molecule has 2 nitrogen and oxygen atoms in total. The zero-order valence-corrected chi connectivity index (χ0v) is 11.7. The number of rotatable bonds is 6. The summed E-state index contributed by atoms with van der Waals surface area (Å²) < 4.78 is 5.36. The summed E-state index contributed by atoms with van der Waals surface area (Å²) in [6.45, 7) is 4.25. The Morgan fingerprint density at radius 3 is 2.68 bits per heavy atom. The maximum Gasteiger partial charge on any atom is 0.122 e. The average molecular weight is 256 g/mol. The molecule has 0 aliphatic carbocycles. The van der Waals surface area contributed by atoms with Gasteiger partial charge in [0.05, 0.1) is 13.7 Å². The molecule has 0 heterocycles. The Bertz CT molecular complexity index is 522. The van der Waals surface area contributed by atoms with Gasteiger partial charge in [0.25, 0.3) is 0 Å². The van der Waals surface area contributed by atoms with Crippen LogP contribution in [0.1, 0.15) is 16.7 Å². The number of benzene rings is 2. The summed E-state index contributed by atoms with van der Waals surface area (Å²) in [5.74, 6) is 0.992. The van der Waals surface area contributed by atoms with Crippen LogP contribution in [0.4, 0.5) is 0 Å². The van der Waals surface area contributed by atoms with E-state index in [4.69, 9.17) is 4.74 Å². The summed E-state index contributed by atoms with van der Waals surface area (Å²) in [4.78, 5) is 0. The van der Waals surface area contributed by atoms with Crippen LogP contribution in [-0.4, -0.2) is 13.7 Å². The topological polar surface area (TPSA) is 25.8 Å². The Labute approximate surface area is 115 Å². The van der Waals surface area contributed by atoms with E-state index in [1.54, 1.807) is 7.11 Å². The predicted octanol–water partition coefficient (Wildman–Crippen LogP) is 2.31. The number of hydrogen-bond donors (Lipinski definition) is 1. The van der Waals surface area contributed by atoms with E-state index in [-0.39, 0.29) is 0 Å². The summed E-state index contributed by atoms with van der Waals surface area (Å²) in [6, 6.07) is 16.9. The van der Waals surface area contributed by atoms with E-state index in [1.165, 1.54) is 16.7 Å². The number of hydrogen-bond acceptors (Lipinski definition) is 1. The van der Waals surface area contributed by atoms with E-state index < -0.39 is 0 Å². The Kier molecular flexibility index (Phi) is 4.99. The molecule has 2 aromatic carbocycles. The first-order chi connectivity index (χ1) is 9.29. The number of methoxy groups -OCH3 is 1. The highest BCUT2D eigenvalue weighted by Gasteiger charge is 2.02. The zero-order valence-electron chi connectivity index (χ0n) is 11.7.